The number of hydrogen-bond acceptors (Lipinski definition) is 7. The summed E-state index contributed by atoms with van der Waals surface area (Å²) in [7, 11) is -6.63. The predicted octanol–water partition coefficient (Wildman–Crippen LogP) is 0.142. The van der Waals surface area contributed by atoms with E-state index in [1.54, 1.807) is 18.2 Å². The number of nitrogens with zero attached hydrogens (tertiary/aromatic N) is 3. The van der Waals surface area contributed by atoms with Crippen LogP contribution in [-0.4, -0.2) is 61.4 Å². The third-order valence-electron chi connectivity index (χ3n) is 5.83. The number of sulfonamides is 2. The molecular weight excluding hydrogens is 380 g/mol. The maximum atomic E-state index is 12.7. The summed E-state index contributed by atoms with van der Waals surface area (Å²) in [6.45, 7) is 3.98. The highest BCUT2D eigenvalue weighted by Crippen LogP contribution is 2.51. The van der Waals surface area contributed by atoms with Crippen molar-refractivity contribution in [1.29, 1.82) is 0 Å². The minimum Gasteiger partial charge on any atom is -0.339 e. The molecule has 0 aromatic carbocycles. The van der Waals surface area contributed by atoms with Gasteiger partial charge in [0.25, 0.3) is 0 Å². The van der Waals surface area contributed by atoms with Crippen LogP contribution in [0.4, 0.5) is 0 Å². The summed E-state index contributed by atoms with van der Waals surface area (Å²) >= 11 is 0. The molecule has 3 fully saturated rings. The Kier molecular flexibility index (Phi) is 4.22. The lowest BCUT2D eigenvalue weighted by molar-refractivity contribution is 0.259. The molecule has 26 heavy (non-hydrogen) atoms. The van der Waals surface area contributed by atoms with Gasteiger partial charge < -0.3 is 4.52 Å². The van der Waals surface area contributed by atoms with Crippen molar-refractivity contribution in [3.8, 4) is 0 Å². The van der Waals surface area contributed by atoms with E-state index in [1.165, 1.54) is 0 Å². The largest absolute Gasteiger partial charge is 0.339 e. The van der Waals surface area contributed by atoms with Crippen LogP contribution in [0, 0.1) is 12.8 Å². The molecule has 146 valence electrons. The minimum absolute atomic E-state index is 0.0169. The zero-order valence-corrected chi connectivity index (χ0v) is 16.5. The fourth-order valence-corrected chi connectivity index (χ4v) is 7.16. The molecule has 0 spiro atoms. The molecule has 3 aliphatic rings. The summed E-state index contributed by atoms with van der Waals surface area (Å²) in [5, 5.41) is 3.61. The number of rotatable bonds is 6. The van der Waals surface area contributed by atoms with Crippen molar-refractivity contribution in [3.05, 3.63) is 11.7 Å². The number of nitrogens with one attached hydrogen (secondary N) is 1. The highest BCUT2D eigenvalue weighted by Gasteiger charge is 2.60. The third kappa shape index (κ3) is 2.98. The highest BCUT2D eigenvalue weighted by molar-refractivity contribution is 7.90. The van der Waals surface area contributed by atoms with Crippen LogP contribution in [0.2, 0.25) is 0 Å². The SMILES string of the molecule is CCS(=O)(=O)N[C@@H]1C[C@H]2CN(S(=O)(=O)C3CC3)C[C@@]2(c2nc(C)no2)C1. The molecule has 2 heterocycles. The Bertz CT molecular complexity index is 908. The van der Waals surface area contributed by atoms with E-state index in [9.17, 15) is 16.8 Å². The van der Waals surface area contributed by atoms with Crippen molar-refractivity contribution in [1.82, 2.24) is 19.2 Å². The molecule has 1 N–H and O–H groups in total. The molecule has 4 rings (SSSR count). The molecule has 1 saturated heterocycles. The molecule has 3 atom stereocenters. The molecule has 0 amide bonds. The normalized spacial score (nSPS) is 32.8. The van der Waals surface area contributed by atoms with Gasteiger partial charge in [-0.3, -0.25) is 0 Å². The quantitative estimate of drug-likeness (QED) is 0.715. The predicted molar refractivity (Wildman–Crippen MR) is 93.3 cm³/mol. The van der Waals surface area contributed by atoms with Crippen LogP contribution in [0.3, 0.4) is 0 Å². The number of aryl methyl sites for hydroxylation is 1. The first kappa shape index (κ1) is 18.3. The molecule has 11 heteroatoms. The molecule has 9 nitrogen and oxygen atoms in total. The molecule has 0 radical (unpaired) electrons. The smallest absolute Gasteiger partial charge is 0.234 e. The Labute approximate surface area is 153 Å². The molecule has 0 unspecified atom stereocenters. The number of hydrogen-bond donors (Lipinski definition) is 1. The third-order valence-corrected chi connectivity index (χ3v) is 9.59. The topological polar surface area (TPSA) is 122 Å². The Morgan fingerprint density at radius 3 is 2.62 bits per heavy atom. The lowest BCUT2D eigenvalue weighted by Gasteiger charge is -2.25. The van der Waals surface area contributed by atoms with Crippen LogP contribution >= 0.6 is 0 Å². The van der Waals surface area contributed by atoms with Gasteiger partial charge in [-0.05, 0) is 45.4 Å². The number of aromatic nitrogens is 2. The van der Waals surface area contributed by atoms with E-state index in [0.29, 0.717) is 31.1 Å². The molecule has 0 bridgehead atoms. The fraction of sp³-hybridized carbons (Fsp3) is 0.867. The van der Waals surface area contributed by atoms with Gasteiger partial charge in [-0.2, -0.15) is 4.98 Å². The maximum absolute atomic E-state index is 12.7. The van der Waals surface area contributed by atoms with Crippen LogP contribution in [0.5, 0.6) is 0 Å². The Hall–Kier alpha value is -1.04. The molecular formula is C15H24N4O5S2. The monoisotopic (exact) mass is 404 g/mol. The summed E-state index contributed by atoms with van der Waals surface area (Å²) < 4.78 is 59.1. The van der Waals surface area contributed by atoms with Gasteiger partial charge in [0.2, 0.25) is 25.9 Å². The van der Waals surface area contributed by atoms with Crippen LogP contribution in [0.25, 0.3) is 0 Å². The summed E-state index contributed by atoms with van der Waals surface area (Å²) in [4.78, 5) is 4.38. The van der Waals surface area contributed by atoms with Crippen LogP contribution in [-0.2, 0) is 25.5 Å². The van der Waals surface area contributed by atoms with Crippen molar-refractivity contribution in [2.24, 2.45) is 5.92 Å². The highest BCUT2D eigenvalue weighted by atomic mass is 32.2. The van der Waals surface area contributed by atoms with Gasteiger partial charge in [0, 0.05) is 19.1 Å². The van der Waals surface area contributed by atoms with Gasteiger partial charge in [-0.1, -0.05) is 5.16 Å². The van der Waals surface area contributed by atoms with E-state index in [2.05, 4.69) is 14.9 Å². The van der Waals surface area contributed by atoms with Crippen molar-refractivity contribution >= 4 is 20.0 Å². The van der Waals surface area contributed by atoms with Gasteiger partial charge in [-0.15, -0.1) is 0 Å². The van der Waals surface area contributed by atoms with E-state index in [0.717, 1.165) is 12.8 Å². The second-order valence-corrected chi connectivity index (χ2v) is 12.0. The molecule has 2 saturated carbocycles. The van der Waals surface area contributed by atoms with Crippen molar-refractivity contribution < 1.29 is 21.4 Å². The molecule has 1 aliphatic heterocycles. The summed E-state index contributed by atoms with van der Waals surface area (Å²) in [6.07, 6.45) is 2.47. The van der Waals surface area contributed by atoms with Crippen LogP contribution in [0.1, 0.15) is 44.3 Å². The first-order valence-corrected chi connectivity index (χ1v) is 12.1. The standard InChI is InChI=1S/C15H24N4O5S2/c1-3-25(20,21)18-12-6-11-8-19(26(22,23)13-4-5-13)9-15(11,7-12)14-16-10(2)17-24-14/h11-13,18H,3-9H2,1-2H3/t11-,12+,15-/m0/s1. The molecule has 1 aromatic rings. The van der Waals surface area contributed by atoms with Gasteiger partial charge in [0.05, 0.1) is 16.4 Å². The van der Waals surface area contributed by atoms with E-state index in [1.807, 2.05) is 0 Å². The first-order chi connectivity index (χ1) is 12.2. The fourth-order valence-electron chi connectivity index (χ4n) is 4.35. The summed E-state index contributed by atoms with van der Waals surface area (Å²) in [6, 6.07) is -0.247. The van der Waals surface area contributed by atoms with E-state index < -0.39 is 25.5 Å². The van der Waals surface area contributed by atoms with E-state index >= 15 is 0 Å². The Morgan fingerprint density at radius 2 is 2.04 bits per heavy atom. The summed E-state index contributed by atoms with van der Waals surface area (Å²) in [5.41, 5.74) is -0.621. The maximum Gasteiger partial charge on any atom is 0.234 e. The summed E-state index contributed by atoms with van der Waals surface area (Å²) in [5.74, 6) is 0.893. The molecule has 1 aromatic heterocycles. The van der Waals surface area contributed by atoms with Crippen LogP contribution < -0.4 is 4.72 Å². The Balaban J connectivity index is 1.64. The van der Waals surface area contributed by atoms with Crippen molar-refractivity contribution in [2.75, 3.05) is 18.8 Å². The second kappa shape index (κ2) is 5.98. The lowest BCUT2D eigenvalue weighted by atomic mass is 9.80. The molecule has 2 aliphatic carbocycles. The first-order valence-electron chi connectivity index (χ1n) is 8.96. The minimum atomic E-state index is -3.33. The Morgan fingerprint density at radius 1 is 1.31 bits per heavy atom. The lowest BCUT2D eigenvalue weighted by Crippen LogP contribution is -2.40. The van der Waals surface area contributed by atoms with Crippen molar-refractivity contribution in [3.63, 3.8) is 0 Å². The van der Waals surface area contributed by atoms with Crippen molar-refractivity contribution in [2.45, 2.75) is 56.2 Å². The van der Waals surface area contributed by atoms with E-state index in [4.69, 9.17) is 4.52 Å². The van der Waals surface area contributed by atoms with Gasteiger partial charge in [-0.25, -0.2) is 25.9 Å². The second-order valence-electron chi connectivity index (χ2n) is 7.69. The zero-order valence-electron chi connectivity index (χ0n) is 14.9. The average Bonchev–Trinajstić information content (AvgIpc) is 3.12. The van der Waals surface area contributed by atoms with Gasteiger partial charge in [0.1, 0.15) is 0 Å². The average molecular weight is 405 g/mol. The van der Waals surface area contributed by atoms with Gasteiger partial charge >= 0.3 is 0 Å². The van der Waals surface area contributed by atoms with E-state index in [-0.39, 0.29) is 29.5 Å². The zero-order chi connectivity index (χ0) is 18.7. The van der Waals surface area contributed by atoms with Crippen LogP contribution in [0.15, 0.2) is 4.52 Å². The number of fused-ring (bicyclic) bond motifs is 1. The van der Waals surface area contributed by atoms with Gasteiger partial charge in [0.15, 0.2) is 5.82 Å².